The molecule has 0 bridgehead atoms. The van der Waals surface area contributed by atoms with E-state index in [1.54, 1.807) is 0 Å². The molecule has 2 aliphatic carbocycles. The van der Waals surface area contributed by atoms with Crippen molar-refractivity contribution >= 4 is 27.7 Å². The summed E-state index contributed by atoms with van der Waals surface area (Å²) >= 11 is 0. The van der Waals surface area contributed by atoms with E-state index in [0.29, 0.717) is 5.69 Å². The molecule has 3 amide bonds. The van der Waals surface area contributed by atoms with Crippen LogP contribution in [-0.4, -0.2) is 36.2 Å². The lowest BCUT2D eigenvalue weighted by Gasteiger charge is -2.17. The zero-order valence-corrected chi connectivity index (χ0v) is 17.0. The number of aromatic nitrogens is 3. The van der Waals surface area contributed by atoms with Crippen molar-refractivity contribution in [3.05, 3.63) is 34.8 Å². The van der Waals surface area contributed by atoms with E-state index in [1.807, 2.05) is 0 Å². The fourth-order valence-electron chi connectivity index (χ4n) is 4.01. The van der Waals surface area contributed by atoms with Crippen molar-refractivity contribution in [3.8, 4) is 0 Å². The highest BCUT2D eigenvalue weighted by atomic mass is 32.2. The maximum atomic E-state index is 13.1. The molecule has 0 aromatic carbocycles. The van der Waals surface area contributed by atoms with E-state index in [4.69, 9.17) is 10.1 Å². The summed E-state index contributed by atoms with van der Waals surface area (Å²) in [6.07, 6.45) is 3.66. The molecule has 0 spiro atoms. The van der Waals surface area contributed by atoms with Crippen LogP contribution in [0.25, 0.3) is 0 Å². The molecule has 3 N–H and O–H groups in total. The van der Waals surface area contributed by atoms with Crippen molar-refractivity contribution in [2.24, 2.45) is 4.36 Å². The summed E-state index contributed by atoms with van der Waals surface area (Å²) in [6.45, 7) is 1.09. The van der Waals surface area contributed by atoms with Gasteiger partial charge in [-0.05, 0) is 55.2 Å². The maximum Gasteiger partial charge on any atom is 0.441 e. The van der Waals surface area contributed by atoms with E-state index >= 15 is 0 Å². The molecule has 2 aliphatic rings. The number of urea groups is 1. The van der Waals surface area contributed by atoms with Crippen LogP contribution in [0.2, 0.25) is 0 Å². The van der Waals surface area contributed by atoms with Crippen LogP contribution in [0.5, 0.6) is 0 Å². The number of carboxylic acid groups (broad SMARTS) is 1. The lowest BCUT2D eigenvalue weighted by atomic mass is 10.0. The van der Waals surface area contributed by atoms with Gasteiger partial charge in [0.2, 0.25) is 0 Å². The number of nitrogens with zero attached hydrogens (tertiary/aromatic N) is 4. The number of amides is 3. The molecule has 10 nitrogen and oxygen atoms in total. The Morgan fingerprint density at radius 2 is 2.17 bits per heavy atom. The Hall–Kier alpha value is -3.02. The fraction of sp³-hybridized carbons (Fsp3) is 0.444. The molecule has 2 heterocycles. The molecule has 1 unspecified atom stereocenters. The highest BCUT2D eigenvalue weighted by molar-refractivity contribution is 7.92. The number of aryl methyl sites for hydroxylation is 1. The second-order valence-electron chi connectivity index (χ2n) is 7.34. The minimum atomic E-state index is -3.97. The van der Waals surface area contributed by atoms with Crippen LogP contribution in [0.1, 0.15) is 48.2 Å². The summed E-state index contributed by atoms with van der Waals surface area (Å²) in [6, 6.07) is 0.278. The number of nitrogens with one attached hydrogen (secondary N) is 2. The van der Waals surface area contributed by atoms with Crippen LogP contribution in [0.4, 0.5) is 19.7 Å². The van der Waals surface area contributed by atoms with Crippen molar-refractivity contribution in [3.63, 3.8) is 0 Å². The van der Waals surface area contributed by atoms with E-state index in [1.165, 1.54) is 6.20 Å². The van der Waals surface area contributed by atoms with Gasteiger partial charge in [0.25, 0.3) is 0 Å². The number of carbonyl (C=O) groups is 2. The maximum absolute atomic E-state index is 13.1. The number of anilines is 1. The Morgan fingerprint density at radius 1 is 1.37 bits per heavy atom. The summed E-state index contributed by atoms with van der Waals surface area (Å²) in [7, 11) is -3.97. The van der Waals surface area contributed by atoms with Crippen LogP contribution < -0.4 is 10.0 Å². The van der Waals surface area contributed by atoms with Gasteiger partial charge in [0, 0.05) is 17.6 Å². The molecule has 2 aromatic rings. The van der Waals surface area contributed by atoms with Gasteiger partial charge < -0.3 is 10.4 Å². The normalized spacial score (nSPS) is 18.9. The molecular formula is C18H21FN6O4S. The summed E-state index contributed by atoms with van der Waals surface area (Å²) < 4.78 is 32.0. The van der Waals surface area contributed by atoms with E-state index in [9.17, 15) is 18.2 Å². The lowest BCUT2D eigenvalue weighted by molar-refractivity contribution is 0.206. The van der Waals surface area contributed by atoms with Crippen LogP contribution in [0.3, 0.4) is 0 Å². The Kier molecular flexibility index (Phi) is 5.18. The largest absolute Gasteiger partial charge is 0.463 e. The predicted octanol–water partition coefficient (Wildman–Crippen LogP) is 2.99. The summed E-state index contributed by atoms with van der Waals surface area (Å²) in [5, 5.41) is 15.1. The van der Waals surface area contributed by atoms with Gasteiger partial charge >= 0.3 is 12.1 Å². The van der Waals surface area contributed by atoms with Gasteiger partial charge in [-0.15, -0.1) is 0 Å². The van der Waals surface area contributed by atoms with Gasteiger partial charge in [-0.25, -0.2) is 27.6 Å². The van der Waals surface area contributed by atoms with E-state index in [2.05, 4.69) is 26.4 Å². The smallest absolute Gasteiger partial charge is 0.441 e. The molecular weight excluding hydrogens is 415 g/mol. The number of pyridine rings is 1. The molecule has 12 heteroatoms. The highest BCUT2D eigenvalue weighted by Crippen LogP contribution is 2.41. The van der Waals surface area contributed by atoms with Crippen LogP contribution in [0.15, 0.2) is 21.7 Å². The lowest BCUT2D eigenvalue weighted by Crippen LogP contribution is -2.35. The van der Waals surface area contributed by atoms with Crippen molar-refractivity contribution in [1.29, 1.82) is 0 Å². The molecule has 0 saturated carbocycles. The van der Waals surface area contributed by atoms with E-state index in [-0.39, 0.29) is 10.9 Å². The van der Waals surface area contributed by atoms with Crippen LogP contribution >= 0.6 is 0 Å². The zero-order chi connectivity index (χ0) is 21.5. The Bertz CT molecular complexity index is 1150. The number of rotatable bonds is 4. The highest BCUT2D eigenvalue weighted by Gasteiger charge is 2.30. The van der Waals surface area contributed by atoms with Crippen LogP contribution in [0, 0.1) is 0 Å². The molecule has 30 heavy (non-hydrogen) atoms. The molecule has 0 aliphatic heterocycles. The molecule has 4 rings (SSSR count). The average Bonchev–Trinajstić information content (AvgIpc) is 3.41. The first kappa shape index (κ1) is 20.3. The Labute approximate surface area is 172 Å². The first-order chi connectivity index (χ1) is 14.3. The molecule has 0 fully saturated rings. The third kappa shape index (κ3) is 3.62. The number of halogens is 1. The molecule has 0 radical (unpaired) electrons. The number of carbonyl (C=O) groups excluding carboxylic acids is 1. The third-order valence-electron chi connectivity index (χ3n) is 5.35. The number of alkyl halides is 1. The SMILES string of the molecule is C[C@@H]1CCc2c1nc1c(c2NC(=O)NS(=O)(=NC(=O)O)c2ccn(CF)n2)CCC1. The van der Waals surface area contributed by atoms with Crippen LogP contribution in [-0.2, 0) is 36.0 Å². The summed E-state index contributed by atoms with van der Waals surface area (Å²) in [4.78, 5) is 28.7. The molecule has 160 valence electrons. The topological polar surface area (TPSA) is 139 Å². The Morgan fingerprint density at radius 3 is 2.87 bits per heavy atom. The van der Waals surface area contributed by atoms with Crippen molar-refractivity contribution in [1.82, 2.24) is 19.5 Å². The summed E-state index contributed by atoms with van der Waals surface area (Å²) in [5.74, 6) is 0.283. The van der Waals surface area contributed by atoms with E-state index in [0.717, 1.165) is 65.4 Å². The second kappa shape index (κ2) is 7.67. The Balaban J connectivity index is 1.67. The number of hydrogen-bond acceptors (Lipinski definition) is 5. The quantitative estimate of drug-likeness (QED) is 0.673. The van der Waals surface area contributed by atoms with Crippen molar-refractivity contribution < 1.29 is 23.3 Å². The van der Waals surface area contributed by atoms with Gasteiger partial charge in [0.1, 0.15) is 0 Å². The van der Waals surface area contributed by atoms with Gasteiger partial charge in [-0.3, -0.25) is 4.98 Å². The zero-order valence-electron chi connectivity index (χ0n) is 16.2. The first-order valence-corrected chi connectivity index (χ1v) is 11.0. The monoisotopic (exact) mass is 436 g/mol. The van der Waals surface area contributed by atoms with Crippen molar-refractivity contribution in [2.75, 3.05) is 5.32 Å². The third-order valence-corrected chi connectivity index (χ3v) is 7.01. The minimum Gasteiger partial charge on any atom is -0.463 e. The minimum absolute atomic E-state index is 0.283. The van der Waals surface area contributed by atoms with Gasteiger partial charge in [-0.1, -0.05) is 11.3 Å². The second-order valence-corrected chi connectivity index (χ2v) is 9.19. The first-order valence-electron chi connectivity index (χ1n) is 9.53. The van der Waals surface area contributed by atoms with Gasteiger partial charge in [0.05, 0.1) is 5.69 Å². The van der Waals surface area contributed by atoms with Gasteiger partial charge in [0.15, 0.2) is 21.7 Å². The standard InChI is InChI=1S/C18H21FN6O4S/c1-10-5-6-12-15(10)20-13-4-2-3-11(13)16(12)21-17(26)23-30(29,24-18(27)28)14-7-8-25(9-19)22-14/h7-8,10H,2-6,9H2,1H3,(H,27,28)(H2,20,21,23,24,26,29)/t10-,30?/m1/s1. The molecule has 0 saturated heterocycles. The average molecular weight is 436 g/mol. The summed E-state index contributed by atoms with van der Waals surface area (Å²) in [5.41, 5.74) is 4.49. The fourth-order valence-corrected chi connectivity index (χ4v) is 5.23. The van der Waals surface area contributed by atoms with Gasteiger partial charge in [-0.2, -0.15) is 5.10 Å². The number of hydrogen-bond donors (Lipinski definition) is 3. The van der Waals surface area contributed by atoms with E-state index < -0.39 is 28.8 Å². The molecule has 2 aromatic heterocycles. The van der Waals surface area contributed by atoms with Crippen molar-refractivity contribution in [2.45, 2.75) is 56.8 Å². The molecule has 2 atom stereocenters. The number of fused-ring (bicyclic) bond motifs is 2. The predicted molar refractivity (Wildman–Crippen MR) is 105 cm³/mol.